The van der Waals surface area contributed by atoms with Crippen LogP contribution in [0, 0.1) is 5.92 Å². The molecule has 0 saturated carbocycles. The van der Waals surface area contributed by atoms with Gasteiger partial charge < -0.3 is 5.32 Å². The fourth-order valence-electron chi connectivity index (χ4n) is 1.84. The maximum atomic E-state index is 12.1. The van der Waals surface area contributed by atoms with E-state index in [1.54, 1.807) is 0 Å². The van der Waals surface area contributed by atoms with Gasteiger partial charge in [-0.3, -0.25) is 4.79 Å². The molecule has 0 aromatic rings. The molecule has 0 rings (SSSR count). The van der Waals surface area contributed by atoms with Gasteiger partial charge in [-0.05, 0) is 33.1 Å². The highest BCUT2D eigenvalue weighted by molar-refractivity contribution is 9.09. The Labute approximate surface area is 109 Å². The van der Waals surface area contributed by atoms with Crippen LogP contribution in [0.1, 0.15) is 59.8 Å². The minimum atomic E-state index is -0.0969. The van der Waals surface area contributed by atoms with Crippen LogP contribution in [-0.2, 0) is 4.79 Å². The lowest BCUT2D eigenvalue weighted by Gasteiger charge is -2.28. The van der Waals surface area contributed by atoms with E-state index < -0.39 is 0 Å². The average molecular weight is 292 g/mol. The fourth-order valence-corrected chi connectivity index (χ4v) is 2.83. The summed E-state index contributed by atoms with van der Waals surface area (Å²) in [5.74, 6) is 0.430. The highest BCUT2D eigenvalue weighted by atomic mass is 79.9. The van der Waals surface area contributed by atoms with Crippen LogP contribution in [0.5, 0.6) is 0 Å². The normalized spacial score (nSPS) is 11.9. The molecule has 16 heavy (non-hydrogen) atoms. The molecule has 1 N–H and O–H groups in total. The number of halogens is 1. The quantitative estimate of drug-likeness (QED) is 0.676. The van der Waals surface area contributed by atoms with Crippen LogP contribution in [-0.4, -0.2) is 16.8 Å². The van der Waals surface area contributed by atoms with Crippen LogP contribution in [0.4, 0.5) is 0 Å². The predicted octanol–water partition coefficient (Wildman–Crippen LogP) is 3.88. The van der Waals surface area contributed by atoms with Gasteiger partial charge in [0.25, 0.3) is 0 Å². The van der Waals surface area contributed by atoms with Crippen molar-refractivity contribution >= 4 is 21.8 Å². The lowest BCUT2D eigenvalue weighted by molar-refractivity contribution is -0.127. The molecular weight excluding hydrogens is 266 g/mol. The predicted molar refractivity (Wildman–Crippen MR) is 73.9 cm³/mol. The molecule has 0 fully saturated rings. The number of carbonyl (C=O) groups is 1. The van der Waals surface area contributed by atoms with E-state index in [9.17, 15) is 4.79 Å². The monoisotopic (exact) mass is 291 g/mol. The molecule has 0 spiro atoms. The molecule has 0 aliphatic rings. The molecule has 0 aromatic heterocycles. The Bertz CT molecular complexity index is 198. The van der Waals surface area contributed by atoms with Crippen LogP contribution in [0.3, 0.4) is 0 Å². The van der Waals surface area contributed by atoms with Gasteiger partial charge in [-0.15, -0.1) is 0 Å². The van der Waals surface area contributed by atoms with Crippen molar-refractivity contribution in [3.05, 3.63) is 0 Å². The van der Waals surface area contributed by atoms with Gasteiger partial charge in [0.2, 0.25) is 5.91 Å². The molecule has 96 valence electrons. The number of hydrogen-bond donors (Lipinski definition) is 1. The summed E-state index contributed by atoms with van der Waals surface area (Å²) in [6, 6.07) is 0. The standard InChI is InChI=1S/C13H26BrNO/c1-5-7-11(8-6-2)12(16)15-13(3,4)9-10-14/h11H,5-10H2,1-4H3,(H,15,16). The first-order chi connectivity index (χ1) is 7.46. The number of alkyl halides is 1. The van der Waals surface area contributed by atoms with Crippen LogP contribution in [0.15, 0.2) is 0 Å². The van der Waals surface area contributed by atoms with Crippen LogP contribution in [0.2, 0.25) is 0 Å². The average Bonchev–Trinajstić information content (AvgIpc) is 2.16. The summed E-state index contributed by atoms with van der Waals surface area (Å²) in [6.45, 7) is 8.45. The summed E-state index contributed by atoms with van der Waals surface area (Å²) < 4.78 is 0. The zero-order valence-electron chi connectivity index (χ0n) is 11.1. The molecule has 0 saturated heterocycles. The number of amides is 1. The molecule has 0 heterocycles. The highest BCUT2D eigenvalue weighted by Gasteiger charge is 2.24. The Morgan fingerprint density at radius 2 is 1.75 bits per heavy atom. The van der Waals surface area contributed by atoms with E-state index >= 15 is 0 Å². The van der Waals surface area contributed by atoms with Gasteiger partial charge in [0.05, 0.1) is 0 Å². The van der Waals surface area contributed by atoms with E-state index in [4.69, 9.17) is 0 Å². The molecule has 0 aromatic carbocycles. The molecule has 0 bridgehead atoms. The Balaban J connectivity index is 4.27. The Kier molecular flexibility index (Phi) is 8.08. The van der Waals surface area contributed by atoms with Crippen LogP contribution < -0.4 is 5.32 Å². The maximum absolute atomic E-state index is 12.1. The molecule has 0 atom stereocenters. The Hall–Kier alpha value is -0.0500. The first-order valence-electron chi connectivity index (χ1n) is 6.34. The third kappa shape index (κ3) is 6.51. The lowest BCUT2D eigenvalue weighted by atomic mass is 9.94. The van der Waals surface area contributed by atoms with Gasteiger partial charge in [-0.1, -0.05) is 42.6 Å². The van der Waals surface area contributed by atoms with Gasteiger partial charge in [-0.2, -0.15) is 0 Å². The van der Waals surface area contributed by atoms with E-state index in [2.05, 4.69) is 48.9 Å². The van der Waals surface area contributed by atoms with E-state index in [0.29, 0.717) is 0 Å². The van der Waals surface area contributed by atoms with E-state index in [-0.39, 0.29) is 17.4 Å². The summed E-state index contributed by atoms with van der Waals surface area (Å²) in [6.07, 6.45) is 5.13. The van der Waals surface area contributed by atoms with Gasteiger partial charge >= 0.3 is 0 Å². The van der Waals surface area contributed by atoms with E-state index in [1.165, 1.54) is 0 Å². The van der Waals surface area contributed by atoms with Crippen LogP contribution >= 0.6 is 15.9 Å². The zero-order chi connectivity index (χ0) is 12.6. The van der Waals surface area contributed by atoms with Gasteiger partial charge in [0.15, 0.2) is 0 Å². The van der Waals surface area contributed by atoms with Crippen molar-refractivity contribution in [2.75, 3.05) is 5.33 Å². The van der Waals surface area contributed by atoms with Crippen molar-refractivity contribution in [3.63, 3.8) is 0 Å². The molecule has 0 aliphatic heterocycles. The smallest absolute Gasteiger partial charge is 0.223 e. The first kappa shape index (κ1) is 16.0. The minimum Gasteiger partial charge on any atom is -0.351 e. The second-order valence-electron chi connectivity index (χ2n) is 5.09. The molecule has 3 heteroatoms. The van der Waals surface area contributed by atoms with Gasteiger partial charge in [0.1, 0.15) is 0 Å². The summed E-state index contributed by atoms with van der Waals surface area (Å²) in [7, 11) is 0. The number of carbonyl (C=O) groups excluding carboxylic acids is 1. The van der Waals surface area contributed by atoms with Crippen molar-refractivity contribution in [2.45, 2.75) is 65.3 Å². The lowest BCUT2D eigenvalue weighted by Crippen LogP contribution is -2.46. The van der Waals surface area contributed by atoms with Crippen LogP contribution in [0.25, 0.3) is 0 Å². The molecule has 0 aliphatic carbocycles. The first-order valence-corrected chi connectivity index (χ1v) is 7.47. The SMILES string of the molecule is CCCC(CCC)C(=O)NC(C)(C)CCBr. The molecule has 0 radical (unpaired) electrons. The Morgan fingerprint density at radius 3 is 2.12 bits per heavy atom. The summed E-state index contributed by atoms with van der Waals surface area (Å²) in [4.78, 5) is 12.1. The summed E-state index contributed by atoms with van der Waals surface area (Å²) in [5, 5.41) is 4.08. The Morgan fingerprint density at radius 1 is 1.25 bits per heavy atom. The van der Waals surface area contributed by atoms with Gasteiger partial charge in [0, 0.05) is 16.8 Å². The van der Waals surface area contributed by atoms with Crippen molar-refractivity contribution in [1.29, 1.82) is 0 Å². The largest absolute Gasteiger partial charge is 0.351 e. The minimum absolute atomic E-state index is 0.0969. The highest BCUT2D eigenvalue weighted by Crippen LogP contribution is 2.17. The second-order valence-corrected chi connectivity index (χ2v) is 5.88. The van der Waals surface area contributed by atoms with E-state index in [1.807, 2.05) is 0 Å². The van der Waals surface area contributed by atoms with Crippen molar-refractivity contribution in [1.82, 2.24) is 5.32 Å². The third-order valence-electron chi connectivity index (χ3n) is 2.83. The number of nitrogens with one attached hydrogen (secondary N) is 1. The van der Waals surface area contributed by atoms with Crippen molar-refractivity contribution in [2.24, 2.45) is 5.92 Å². The fraction of sp³-hybridized carbons (Fsp3) is 0.923. The number of hydrogen-bond acceptors (Lipinski definition) is 1. The summed E-state index contributed by atoms with van der Waals surface area (Å²) >= 11 is 3.42. The molecular formula is C13H26BrNO. The van der Waals surface area contributed by atoms with Crippen molar-refractivity contribution < 1.29 is 4.79 Å². The molecule has 2 nitrogen and oxygen atoms in total. The van der Waals surface area contributed by atoms with E-state index in [0.717, 1.165) is 37.4 Å². The van der Waals surface area contributed by atoms with Crippen molar-refractivity contribution in [3.8, 4) is 0 Å². The second kappa shape index (κ2) is 8.10. The molecule has 1 amide bonds. The van der Waals surface area contributed by atoms with Gasteiger partial charge in [-0.25, -0.2) is 0 Å². The number of rotatable bonds is 8. The summed E-state index contributed by atoms with van der Waals surface area (Å²) in [5.41, 5.74) is -0.0969. The molecule has 0 unspecified atom stereocenters. The third-order valence-corrected chi connectivity index (χ3v) is 3.22. The maximum Gasteiger partial charge on any atom is 0.223 e. The topological polar surface area (TPSA) is 29.1 Å². The zero-order valence-corrected chi connectivity index (χ0v) is 12.7.